The van der Waals surface area contributed by atoms with Crippen molar-refractivity contribution in [1.29, 1.82) is 5.26 Å². The van der Waals surface area contributed by atoms with Crippen LogP contribution in [-0.2, 0) is 10.8 Å². The molecule has 0 radical (unpaired) electrons. The Balaban J connectivity index is 0.914. The number of rotatable bonds is 6. The molecule has 6 aromatic rings. The number of nitrogens with zero attached hydrogens (tertiary/aromatic N) is 4. The maximum Gasteiger partial charge on any atom is 0.164 e. The fourth-order valence-electron chi connectivity index (χ4n) is 14.1. The monoisotopic (exact) mass is 728 g/mol. The van der Waals surface area contributed by atoms with Gasteiger partial charge >= 0.3 is 0 Å². The summed E-state index contributed by atoms with van der Waals surface area (Å²) >= 11 is 0. The fourth-order valence-corrected chi connectivity index (χ4v) is 14.1. The molecule has 8 aliphatic rings. The van der Waals surface area contributed by atoms with Crippen LogP contribution in [-0.4, -0.2) is 15.0 Å². The molecule has 0 aliphatic heterocycles. The Morgan fingerprint density at radius 2 is 0.768 bits per heavy atom. The molecule has 0 unspecified atom stereocenters. The lowest BCUT2D eigenvalue weighted by atomic mass is 9.48. The molecule has 0 N–H and O–H groups in total. The van der Waals surface area contributed by atoms with Crippen LogP contribution in [0.15, 0.2) is 109 Å². The smallest absolute Gasteiger partial charge is 0.164 e. The lowest BCUT2D eigenvalue weighted by Crippen LogP contribution is -2.48. The van der Waals surface area contributed by atoms with E-state index in [1.165, 1.54) is 88.2 Å². The van der Waals surface area contributed by atoms with Crippen LogP contribution < -0.4 is 0 Å². The van der Waals surface area contributed by atoms with Gasteiger partial charge in [0.1, 0.15) is 0 Å². The second-order valence-corrected chi connectivity index (χ2v) is 19.3. The highest BCUT2D eigenvalue weighted by molar-refractivity contribution is 5.99. The Bertz CT molecular complexity index is 2360. The van der Waals surface area contributed by atoms with E-state index >= 15 is 0 Å². The Kier molecular flexibility index (Phi) is 7.33. The summed E-state index contributed by atoms with van der Waals surface area (Å²) in [6, 6.07) is 41.9. The molecule has 0 atom stereocenters. The minimum atomic E-state index is 0.364. The molecule has 8 saturated carbocycles. The van der Waals surface area contributed by atoms with Crippen LogP contribution in [0.1, 0.15) is 93.7 Å². The van der Waals surface area contributed by atoms with E-state index in [1.54, 1.807) is 0 Å². The lowest BCUT2D eigenvalue weighted by molar-refractivity contribution is -0.00530. The molecule has 4 heteroatoms. The maximum atomic E-state index is 9.74. The molecular formula is C52H48N4. The molecule has 8 aliphatic carbocycles. The van der Waals surface area contributed by atoms with Crippen LogP contribution in [0.5, 0.6) is 0 Å². The number of fused-ring (bicyclic) bond motifs is 1. The highest BCUT2D eigenvalue weighted by atomic mass is 15.0. The minimum Gasteiger partial charge on any atom is -0.208 e. The van der Waals surface area contributed by atoms with Crippen molar-refractivity contribution >= 4 is 10.8 Å². The van der Waals surface area contributed by atoms with E-state index in [9.17, 15) is 5.26 Å². The largest absolute Gasteiger partial charge is 0.208 e. The summed E-state index contributed by atoms with van der Waals surface area (Å²) in [5.41, 5.74) is 9.76. The normalized spacial score (nSPS) is 30.8. The van der Waals surface area contributed by atoms with Crippen LogP contribution >= 0.6 is 0 Å². The first-order chi connectivity index (χ1) is 27.5. The predicted molar refractivity (Wildman–Crippen MR) is 223 cm³/mol. The number of nitriles is 1. The highest BCUT2D eigenvalue weighted by Gasteiger charge is 2.52. The van der Waals surface area contributed by atoms with Gasteiger partial charge in [0.15, 0.2) is 17.5 Å². The first-order valence-electron chi connectivity index (χ1n) is 21.5. The van der Waals surface area contributed by atoms with E-state index < -0.39 is 0 Å². The van der Waals surface area contributed by atoms with Gasteiger partial charge < -0.3 is 0 Å². The van der Waals surface area contributed by atoms with Crippen LogP contribution in [0.2, 0.25) is 0 Å². The maximum absolute atomic E-state index is 9.74. The van der Waals surface area contributed by atoms with Gasteiger partial charge in [-0.25, -0.2) is 15.0 Å². The highest BCUT2D eigenvalue weighted by Crippen LogP contribution is 2.62. The van der Waals surface area contributed by atoms with E-state index in [-0.39, 0.29) is 0 Å². The third-order valence-corrected chi connectivity index (χ3v) is 15.7. The van der Waals surface area contributed by atoms with Gasteiger partial charge in [0.25, 0.3) is 0 Å². The van der Waals surface area contributed by atoms with Crippen LogP contribution in [0, 0.1) is 46.8 Å². The zero-order valence-corrected chi connectivity index (χ0v) is 32.1. The number of benzene rings is 5. The third kappa shape index (κ3) is 5.33. The molecule has 1 aromatic heterocycles. The molecule has 0 spiro atoms. The average molecular weight is 729 g/mol. The Labute approximate surface area is 330 Å². The minimum absolute atomic E-state index is 0.364. The second-order valence-electron chi connectivity index (χ2n) is 19.3. The van der Waals surface area contributed by atoms with Crippen molar-refractivity contribution < 1.29 is 0 Å². The van der Waals surface area contributed by atoms with Crippen molar-refractivity contribution in [2.24, 2.45) is 35.5 Å². The summed E-state index contributed by atoms with van der Waals surface area (Å²) in [5.74, 6) is 7.69. The van der Waals surface area contributed by atoms with Crippen molar-refractivity contribution in [3.8, 4) is 51.4 Å². The molecular weight excluding hydrogens is 681 g/mol. The quantitative estimate of drug-likeness (QED) is 0.171. The second kappa shape index (κ2) is 12.4. The molecule has 8 fully saturated rings. The summed E-state index contributed by atoms with van der Waals surface area (Å²) < 4.78 is 0. The molecule has 0 amide bonds. The lowest BCUT2D eigenvalue weighted by Gasteiger charge is -2.57. The van der Waals surface area contributed by atoms with Gasteiger partial charge in [-0.3, -0.25) is 0 Å². The summed E-state index contributed by atoms with van der Waals surface area (Å²) in [6.45, 7) is 0. The van der Waals surface area contributed by atoms with Crippen LogP contribution in [0.25, 0.3) is 56.1 Å². The number of hydrogen-bond acceptors (Lipinski definition) is 4. The summed E-state index contributed by atoms with van der Waals surface area (Å²) in [4.78, 5) is 15.6. The Morgan fingerprint density at radius 3 is 1.16 bits per heavy atom. The van der Waals surface area contributed by atoms with Crippen LogP contribution in [0.4, 0.5) is 0 Å². The first-order valence-corrected chi connectivity index (χ1v) is 21.5. The molecule has 5 aromatic carbocycles. The zero-order valence-electron chi connectivity index (χ0n) is 32.1. The van der Waals surface area contributed by atoms with Crippen LogP contribution in [0.3, 0.4) is 0 Å². The van der Waals surface area contributed by atoms with Gasteiger partial charge in [0.2, 0.25) is 0 Å². The number of hydrogen-bond donors (Lipinski definition) is 0. The average Bonchev–Trinajstić information content (AvgIpc) is 3.22. The molecule has 0 saturated heterocycles. The Morgan fingerprint density at radius 1 is 0.411 bits per heavy atom. The third-order valence-electron chi connectivity index (χ3n) is 15.7. The van der Waals surface area contributed by atoms with Crippen molar-refractivity contribution in [2.45, 2.75) is 87.9 Å². The summed E-state index contributed by atoms with van der Waals surface area (Å²) in [6.07, 6.45) is 17.0. The van der Waals surface area contributed by atoms with Crippen molar-refractivity contribution in [3.63, 3.8) is 0 Å². The molecule has 56 heavy (non-hydrogen) atoms. The predicted octanol–water partition coefficient (Wildman–Crippen LogP) is 12.5. The van der Waals surface area contributed by atoms with E-state index in [2.05, 4.69) is 91.0 Å². The molecule has 4 nitrogen and oxygen atoms in total. The van der Waals surface area contributed by atoms with E-state index in [0.717, 1.165) is 85.7 Å². The zero-order chi connectivity index (χ0) is 37.0. The first kappa shape index (κ1) is 33.0. The fraction of sp³-hybridized carbons (Fsp3) is 0.385. The Hall–Kier alpha value is -5.14. The van der Waals surface area contributed by atoms with Crippen molar-refractivity contribution in [3.05, 3.63) is 126 Å². The summed E-state index contributed by atoms with van der Waals surface area (Å²) in [7, 11) is 0. The molecule has 276 valence electrons. The van der Waals surface area contributed by atoms with Gasteiger partial charge in [-0.1, -0.05) is 103 Å². The standard InChI is InChI=1S/C52H48N4/c53-31-42-13-18-46(47-4-2-1-3-45(42)47)38-5-7-39(8-6-38)48-54-49(40-9-14-43(15-10-40)51-25-32-19-33(26-51)21-34(20-32)27-51)56-50(55-48)41-11-16-44(17-12-41)52-28-35-22-36(29-52)24-37(23-35)30-52/h1-18,32-37H,19-30H2. The summed E-state index contributed by atoms with van der Waals surface area (Å²) in [5, 5.41) is 11.8. The van der Waals surface area contributed by atoms with E-state index in [4.69, 9.17) is 15.0 Å². The molecule has 14 rings (SSSR count). The van der Waals surface area contributed by atoms with Gasteiger partial charge in [0.05, 0.1) is 11.6 Å². The SMILES string of the molecule is N#Cc1ccc(-c2ccc(-c3nc(-c4ccc(C56CC7CC(CC(C7)C5)C6)cc4)nc(-c4ccc(C56CC7CC(CC(C7)C5)C6)cc4)n3)cc2)c2ccccc12. The molecule has 8 bridgehead atoms. The number of aromatic nitrogens is 3. The van der Waals surface area contributed by atoms with Gasteiger partial charge in [-0.05, 0) is 157 Å². The molecule has 1 heterocycles. The van der Waals surface area contributed by atoms with Gasteiger partial charge in [-0.15, -0.1) is 0 Å². The van der Waals surface area contributed by atoms with E-state index in [0.29, 0.717) is 22.2 Å². The van der Waals surface area contributed by atoms with Gasteiger partial charge in [-0.2, -0.15) is 5.26 Å². The van der Waals surface area contributed by atoms with E-state index in [1.807, 2.05) is 24.3 Å². The topological polar surface area (TPSA) is 62.5 Å². The van der Waals surface area contributed by atoms with Crippen molar-refractivity contribution in [1.82, 2.24) is 15.0 Å². The van der Waals surface area contributed by atoms with Gasteiger partial charge in [0, 0.05) is 22.1 Å². The van der Waals surface area contributed by atoms with Crippen molar-refractivity contribution in [2.75, 3.05) is 0 Å².